The molecule has 3 heteroatoms. The van der Waals surface area contributed by atoms with Gasteiger partial charge in [-0.05, 0) is 37.0 Å². The highest BCUT2D eigenvalue weighted by Gasteiger charge is 2.16. The first-order valence-electron chi connectivity index (χ1n) is 7.75. The molecule has 0 fully saturated rings. The molecule has 3 nitrogen and oxygen atoms in total. The monoisotopic (exact) mass is 274 g/mol. The van der Waals surface area contributed by atoms with Gasteiger partial charge >= 0.3 is 0 Å². The van der Waals surface area contributed by atoms with Crippen molar-refractivity contribution in [3.63, 3.8) is 0 Å². The summed E-state index contributed by atoms with van der Waals surface area (Å²) < 4.78 is 11.2. The Balaban J connectivity index is 3.94. The maximum atomic E-state index is 8.63. The van der Waals surface area contributed by atoms with Crippen LogP contribution in [0.5, 0.6) is 0 Å². The largest absolute Gasteiger partial charge is 0.394 e. The lowest BCUT2D eigenvalue weighted by molar-refractivity contribution is -0.0187. The van der Waals surface area contributed by atoms with Gasteiger partial charge in [0.2, 0.25) is 0 Å². The van der Waals surface area contributed by atoms with Crippen LogP contribution < -0.4 is 0 Å². The molecular formula is C16H34O3. The SMILES string of the molecule is CC(C)CC(C)CC(CC(C)C)OCCOCCO. The standard InChI is InChI=1S/C16H34O3/c1-13(2)10-15(5)12-16(11-14(3)4)19-9-8-18-7-6-17/h13-17H,6-12H2,1-5H3. The first kappa shape index (κ1) is 18.9. The van der Waals surface area contributed by atoms with Crippen molar-refractivity contribution >= 4 is 0 Å². The maximum absolute atomic E-state index is 8.63. The molecule has 0 amide bonds. The molecule has 0 aliphatic carbocycles. The third-order valence-electron chi connectivity index (χ3n) is 3.09. The van der Waals surface area contributed by atoms with E-state index in [0.29, 0.717) is 37.8 Å². The van der Waals surface area contributed by atoms with Gasteiger partial charge in [0.15, 0.2) is 0 Å². The van der Waals surface area contributed by atoms with E-state index in [-0.39, 0.29) is 6.61 Å². The molecule has 0 saturated carbocycles. The summed E-state index contributed by atoms with van der Waals surface area (Å²) in [6.45, 7) is 13.0. The van der Waals surface area contributed by atoms with Gasteiger partial charge < -0.3 is 14.6 Å². The predicted octanol–water partition coefficient (Wildman–Crippen LogP) is 3.50. The first-order chi connectivity index (χ1) is 8.95. The van der Waals surface area contributed by atoms with Crippen molar-refractivity contribution in [2.24, 2.45) is 17.8 Å². The summed E-state index contributed by atoms with van der Waals surface area (Å²) in [5.74, 6) is 2.12. The Hall–Kier alpha value is -0.120. The molecular weight excluding hydrogens is 240 g/mol. The molecule has 0 heterocycles. The second-order valence-corrected chi connectivity index (χ2v) is 6.43. The molecule has 0 aliphatic rings. The van der Waals surface area contributed by atoms with E-state index >= 15 is 0 Å². The molecule has 19 heavy (non-hydrogen) atoms. The van der Waals surface area contributed by atoms with Crippen LogP contribution in [0.2, 0.25) is 0 Å². The summed E-state index contributed by atoms with van der Waals surface area (Å²) in [6.07, 6.45) is 3.85. The highest BCUT2D eigenvalue weighted by Crippen LogP contribution is 2.21. The molecule has 2 unspecified atom stereocenters. The van der Waals surface area contributed by atoms with Gasteiger partial charge in [-0.3, -0.25) is 0 Å². The predicted molar refractivity (Wildman–Crippen MR) is 80.3 cm³/mol. The molecule has 0 aromatic carbocycles. The average Bonchev–Trinajstić information content (AvgIpc) is 2.26. The molecule has 0 spiro atoms. The molecule has 0 aliphatic heterocycles. The fourth-order valence-corrected chi connectivity index (χ4v) is 2.55. The topological polar surface area (TPSA) is 38.7 Å². The van der Waals surface area contributed by atoms with Gasteiger partial charge in [-0.2, -0.15) is 0 Å². The zero-order chi connectivity index (χ0) is 14.7. The molecule has 0 saturated heterocycles. The highest BCUT2D eigenvalue weighted by molar-refractivity contribution is 4.67. The van der Waals surface area contributed by atoms with E-state index in [1.807, 2.05) is 0 Å². The normalized spacial score (nSPS) is 15.2. The van der Waals surface area contributed by atoms with Crippen molar-refractivity contribution in [2.45, 2.75) is 60.0 Å². The average molecular weight is 274 g/mol. The van der Waals surface area contributed by atoms with Gasteiger partial charge in [-0.1, -0.05) is 34.6 Å². The summed E-state index contributed by atoms with van der Waals surface area (Å²) in [7, 11) is 0. The van der Waals surface area contributed by atoms with Gasteiger partial charge in [-0.15, -0.1) is 0 Å². The van der Waals surface area contributed by atoms with Crippen LogP contribution in [0.3, 0.4) is 0 Å². The lowest BCUT2D eigenvalue weighted by Crippen LogP contribution is -2.22. The zero-order valence-corrected chi connectivity index (χ0v) is 13.5. The van der Waals surface area contributed by atoms with Crippen LogP contribution >= 0.6 is 0 Å². The molecule has 0 radical (unpaired) electrons. The van der Waals surface area contributed by atoms with Crippen LogP contribution in [0.25, 0.3) is 0 Å². The van der Waals surface area contributed by atoms with Crippen molar-refractivity contribution in [1.29, 1.82) is 0 Å². The molecule has 116 valence electrons. The van der Waals surface area contributed by atoms with Gasteiger partial charge in [0, 0.05) is 0 Å². The van der Waals surface area contributed by atoms with E-state index in [4.69, 9.17) is 14.6 Å². The second kappa shape index (κ2) is 11.7. The van der Waals surface area contributed by atoms with Crippen molar-refractivity contribution < 1.29 is 14.6 Å². The highest BCUT2D eigenvalue weighted by atomic mass is 16.5. The number of aliphatic hydroxyl groups excluding tert-OH is 1. The van der Waals surface area contributed by atoms with E-state index in [1.54, 1.807) is 0 Å². The fraction of sp³-hybridized carbons (Fsp3) is 1.00. The number of hydrogen-bond acceptors (Lipinski definition) is 3. The summed E-state index contributed by atoms with van der Waals surface area (Å²) in [5, 5.41) is 8.63. The Morgan fingerprint density at radius 1 is 0.789 bits per heavy atom. The Morgan fingerprint density at radius 2 is 1.42 bits per heavy atom. The third-order valence-corrected chi connectivity index (χ3v) is 3.09. The molecule has 0 aromatic heterocycles. The second-order valence-electron chi connectivity index (χ2n) is 6.43. The quantitative estimate of drug-likeness (QED) is 0.554. The summed E-state index contributed by atoms with van der Waals surface area (Å²) in [6, 6.07) is 0. The Morgan fingerprint density at radius 3 is 1.95 bits per heavy atom. The van der Waals surface area contributed by atoms with Crippen molar-refractivity contribution in [2.75, 3.05) is 26.4 Å². The van der Waals surface area contributed by atoms with Gasteiger partial charge in [0.25, 0.3) is 0 Å². The van der Waals surface area contributed by atoms with E-state index in [2.05, 4.69) is 34.6 Å². The lowest BCUT2D eigenvalue weighted by atomic mass is 9.91. The maximum Gasteiger partial charge on any atom is 0.0704 e. The van der Waals surface area contributed by atoms with Crippen LogP contribution in [0.1, 0.15) is 53.9 Å². The van der Waals surface area contributed by atoms with E-state index < -0.39 is 0 Å². The smallest absolute Gasteiger partial charge is 0.0704 e. The Labute approximate surface area is 119 Å². The van der Waals surface area contributed by atoms with Crippen molar-refractivity contribution in [3.8, 4) is 0 Å². The molecule has 1 N–H and O–H groups in total. The van der Waals surface area contributed by atoms with Crippen LogP contribution in [0, 0.1) is 17.8 Å². The van der Waals surface area contributed by atoms with Crippen molar-refractivity contribution in [3.05, 3.63) is 0 Å². The number of ether oxygens (including phenoxy) is 2. The third kappa shape index (κ3) is 12.6. The number of hydrogen-bond donors (Lipinski definition) is 1. The van der Waals surface area contributed by atoms with Crippen molar-refractivity contribution in [1.82, 2.24) is 0 Å². The molecule has 2 atom stereocenters. The van der Waals surface area contributed by atoms with Crippen LogP contribution in [-0.4, -0.2) is 37.6 Å². The Kier molecular flexibility index (Phi) is 11.6. The summed E-state index contributed by atoms with van der Waals surface area (Å²) in [5.41, 5.74) is 0. The van der Waals surface area contributed by atoms with Crippen LogP contribution in [-0.2, 0) is 9.47 Å². The van der Waals surface area contributed by atoms with Gasteiger partial charge in [0.05, 0.1) is 32.5 Å². The Bertz CT molecular complexity index is 192. The number of rotatable bonds is 12. The molecule has 0 aromatic rings. The van der Waals surface area contributed by atoms with Crippen LogP contribution in [0.15, 0.2) is 0 Å². The summed E-state index contributed by atoms with van der Waals surface area (Å²) in [4.78, 5) is 0. The minimum Gasteiger partial charge on any atom is -0.394 e. The van der Waals surface area contributed by atoms with Crippen LogP contribution in [0.4, 0.5) is 0 Å². The minimum atomic E-state index is 0.0842. The van der Waals surface area contributed by atoms with E-state index in [9.17, 15) is 0 Å². The fourth-order valence-electron chi connectivity index (χ4n) is 2.55. The summed E-state index contributed by atoms with van der Waals surface area (Å²) >= 11 is 0. The van der Waals surface area contributed by atoms with E-state index in [1.165, 1.54) is 6.42 Å². The first-order valence-corrected chi connectivity index (χ1v) is 7.75. The van der Waals surface area contributed by atoms with E-state index in [0.717, 1.165) is 18.8 Å². The lowest BCUT2D eigenvalue weighted by Gasteiger charge is -2.24. The van der Waals surface area contributed by atoms with Gasteiger partial charge in [0.1, 0.15) is 0 Å². The minimum absolute atomic E-state index is 0.0842. The molecule has 0 bridgehead atoms. The number of aliphatic hydroxyl groups is 1. The zero-order valence-electron chi connectivity index (χ0n) is 13.5. The molecule has 0 rings (SSSR count). The van der Waals surface area contributed by atoms with Gasteiger partial charge in [-0.25, -0.2) is 0 Å².